The zero-order valence-corrected chi connectivity index (χ0v) is 17.5. The van der Waals surface area contributed by atoms with Gasteiger partial charge in [-0.25, -0.2) is 9.97 Å². The van der Waals surface area contributed by atoms with E-state index in [0.717, 1.165) is 51.0 Å². The first-order valence-corrected chi connectivity index (χ1v) is 10.8. The molecule has 6 nitrogen and oxygen atoms in total. The Kier molecular flexibility index (Phi) is 4.54. The zero-order chi connectivity index (χ0) is 20.0. The van der Waals surface area contributed by atoms with Crippen LogP contribution in [0.1, 0.15) is 30.8 Å². The number of aryl methyl sites for hydroxylation is 1. The molecule has 0 spiro atoms. The van der Waals surface area contributed by atoms with Crippen molar-refractivity contribution >= 4 is 28.3 Å². The number of benzene rings is 2. The first-order chi connectivity index (χ1) is 14.1. The second-order valence-electron chi connectivity index (χ2n) is 7.23. The van der Waals surface area contributed by atoms with Crippen LogP contribution < -0.4 is 9.47 Å². The Balaban J connectivity index is 1.53. The Labute approximate surface area is 173 Å². The number of nitrogens with zero attached hydrogens (tertiary/aromatic N) is 4. The number of fused-ring (bicyclic) bond motifs is 4. The van der Waals surface area contributed by atoms with Crippen molar-refractivity contribution in [2.45, 2.75) is 44.2 Å². The van der Waals surface area contributed by atoms with Crippen LogP contribution in [-0.4, -0.2) is 32.3 Å². The van der Waals surface area contributed by atoms with Gasteiger partial charge in [0.25, 0.3) is 0 Å². The van der Waals surface area contributed by atoms with Gasteiger partial charge in [0.2, 0.25) is 0 Å². The predicted octanol–water partition coefficient (Wildman–Crippen LogP) is 4.60. The van der Waals surface area contributed by atoms with Crippen LogP contribution >= 0.6 is 11.8 Å². The molecule has 29 heavy (non-hydrogen) atoms. The molecule has 0 amide bonds. The van der Waals surface area contributed by atoms with Crippen molar-refractivity contribution in [1.82, 2.24) is 19.6 Å². The molecule has 2 aromatic carbocycles. The molecule has 4 aromatic rings. The Bertz CT molecular complexity index is 1220. The number of rotatable bonds is 5. The third-order valence-electron chi connectivity index (χ3n) is 4.99. The van der Waals surface area contributed by atoms with E-state index in [9.17, 15) is 0 Å². The third kappa shape index (κ3) is 3.29. The maximum Gasteiger partial charge on any atom is 0.191 e. The van der Waals surface area contributed by atoms with Gasteiger partial charge in [0.05, 0.1) is 12.1 Å². The summed E-state index contributed by atoms with van der Waals surface area (Å²) < 4.78 is 13.7. The molecule has 1 aliphatic heterocycles. The smallest absolute Gasteiger partial charge is 0.191 e. The summed E-state index contributed by atoms with van der Waals surface area (Å²) >= 11 is 1.63. The van der Waals surface area contributed by atoms with E-state index in [1.54, 1.807) is 11.8 Å². The minimum Gasteiger partial charge on any atom is -0.494 e. The van der Waals surface area contributed by atoms with Crippen molar-refractivity contribution in [3.8, 4) is 11.5 Å². The zero-order valence-electron chi connectivity index (χ0n) is 16.7. The maximum atomic E-state index is 5.96. The molecular weight excluding hydrogens is 384 g/mol. The quantitative estimate of drug-likeness (QED) is 0.357. The molecule has 0 fully saturated rings. The molecule has 1 unspecified atom stereocenters. The van der Waals surface area contributed by atoms with Gasteiger partial charge in [-0.15, -0.1) is 5.10 Å². The van der Waals surface area contributed by atoms with Gasteiger partial charge in [0.1, 0.15) is 23.4 Å². The molecule has 2 aromatic heterocycles. The van der Waals surface area contributed by atoms with E-state index in [1.165, 1.54) is 5.56 Å². The highest BCUT2D eigenvalue weighted by Gasteiger charge is 2.22. The van der Waals surface area contributed by atoms with Crippen LogP contribution in [0.25, 0.3) is 16.6 Å². The lowest BCUT2D eigenvalue weighted by molar-refractivity contribution is 0.254. The van der Waals surface area contributed by atoms with Crippen LogP contribution in [0.2, 0.25) is 0 Å². The predicted molar refractivity (Wildman–Crippen MR) is 114 cm³/mol. The summed E-state index contributed by atoms with van der Waals surface area (Å²) in [7, 11) is 0. The van der Waals surface area contributed by atoms with Gasteiger partial charge in [-0.05, 0) is 45.0 Å². The minimum atomic E-state index is 0.210. The molecule has 1 atom stereocenters. The third-order valence-corrected chi connectivity index (χ3v) is 5.97. The monoisotopic (exact) mass is 406 g/mol. The SMILES string of the molecule is CCOc1cc2c(cc1CSc1nc3ccccc3c3nc(C)nn13)OC(C)C2. The van der Waals surface area contributed by atoms with Gasteiger partial charge < -0.3 is 9.47 Å². The fourth-order valence-electron chi connectivity index (χ4n) is 3.75. The van der Waals surface area contributed by atoms with Crippen molar-refractivity contribution < 1.29 is 9.47 Å². The molecule has 0 aliphatic carbocycles. The van der Waals surface area contributed by atoms with Crippen LogP contribution in [0.4, 0.5) is 0 Å². The van der Waals surface area contributed by atoms with Crippen LogP contribution in [-0.2, 0) is 12.2 Å². The highest BCUT2D eigenvalue weighted by Crippen LogP contribution is 2.37. The summed E-state index contributed by atoms with van der Waals surface area (Å²) in [5, 5.41) is 6.39. The normalized spacial score (nSPS) is 15.6. The van der Waals surface area contributed by atoms with E-state index >= 15 is 0 Å². The Morgan fingerprint density at radius 1 is 1.24 bits per heavy atom. The fourth-order valence-corrected chi connectivity index (χ4v) is 4.68. The summed E-state index contributed by atoms with van der Waals surface area (Å²) in [6, 6.07) is 12.3. The maximum absolute atomic E-state index is 5.96. The number of para-hydroxylation sites is 1. The Morgan fingerprint density at radius 3 is 2.97 bits per heavy atom. The average molecular weight is 407 g/mol. The van der Waals surface area contributed by atoms with E-state index < -0.39 is 0 Å². The molecule has 1 aliphatic rings. The number of thioether (sulfide) groups is 1. The fraction of sp³-hybridized carbons (Fsp3) is 0.318. The van der Waals surface area contributed by atoms with E-state index in [2.05, 4.69) is 29.1 Å². The number of aromatic nitrogens is 4. The molecular formula is C22H22N4O2S. The van der Waals surface area contributed by atoms with Gasteiger partial charge >= 0.3 is 0 Å². The highest BCUT2D eigenvalue weighted by molar-refractivity contribution is 7.98. The van der Waals surface area contributed by atoms with Gasteiger partial charge in [0, 0.05) is 28.7 Å². The van der Waals surface area contributed by atoms with Crippen LogP contribution in [0.5, 0.6) is 11.5 Å². The number of hydrogen-bond donors (Lipinski definition) is 0. The van der Waals surface area contributed by atoms with Gasteiger partial charge in [0.15, 0.2) is 10.8 Å². The van der Waals surface area contributed by atoms with Crippen molar-refractivity contribution in [2.24, 2.45) is 0 Å². The molecule has 3 heterocycles. The number of ether oxygens (including phenoxy) is 2. The first-order valence-electron chi connectivity index (χ1n) is 9.82. The second kappa shape index (κ2) is 7.22. The minimum absolute atomic E-state index is 0.210. The molecule has 0 radical (unpaired) electrons. The van der Waals surface area contributed by atoms with E-state index in [0.29, 0.717) is 12.4 Å². The lowest BCUT2D eigenvalue weighted by Crippen LogP contribution is -2.05. The first kappa shape index (κ1) is 18.2. The molecule has 5 rings (SSSR count). The second-order valence-corrected chi connectivity index (χ2v) is 8.17. The Morgan fingerprint density at radius 2 is 2.10 bits per heavy atom. The van der Waals surface area contributed by atoms with Crippen molar-refractivity contribution in [1.29, 1.82) is 0 Å². The molecule has 0 saturated heterocycles. The summed E-state index contributed by atoms with van der Waals surface area (Å²) in [4.78, 5) is 9.46. The molecule has 0 N–H and O–H groups in total. The molecule has 0 saturated carbocycles. The molecule has 7 heteroatoms. The lowest BCUT2D eigenvalue weighted by atomic mass is 10.1. The van der Waals surface area contributed by atoms with Crippen LogP contribution in [0, 0.1) is 6.92 Å². The standard InChI is InChI=1S/C22H22N4O2S/c1-4-27-19-10-15-9-13(2)28-20(15)11-16(19)12-29-22-24-18-8-6-5-7-17(18)21-23-14(3)25-26(21)22/h5-8,10-11,13H,4,9,12H2,1-3H3. The van der Waals surface area contributed by atoms with E-state index in [4.69, 9.17) is 14.5 Å². The van der Waals surface area contributed by atoms with Crippen LogP contribution in [0.15, 0.2) is 41.6 Å². The summed E-state index contributed by atoms with van der Waals surface area (Å²) in [5.74, 6) is 3.33. The average Bonchev–Trinajstić information content (AvgIpc) is 3.27. The van der Waals surface area contributed by atoms with E-state index in [-0.39, 0.29) is 6.10 Å². The van der Waals surface area contributed by atoms with Crippen molar-refractivity contribution in [3.63, 3.8) is 0 Å². The van der Waals surface area contributed by atoms with Gasteiger partial charge in [-0.2, -0.15) is 4.52 Å². The van der Waals surface area contributed by atoms with Crippen molar-refractivity contribution in [2.75, 3.05) is 6.61 Å². The van der Waals surface area contributed by atoms with Gasteiger partial charge in [-0.1, -0.05) is 23.9 Å². The largest absolute Gasteiger partial charge is 0.494 e. The summed E-state index contributed by atoms with van der Waals surface area (Å²) in [5.41, 5.74) is 4.08. The summed E-state index contributed by atoms with van der Waals surface area (Å²) in [6.45, 7) is 6.64. The topological polar surface area (TPSA) is 61.5 Å². The molecule has 0 bridgehead atoms. The Hall–Kier alpha value is -2.80. The van der Waals surface area contributed by atoms with E-state index in [1.807, 2.05) is 42.6 Å². The number of hydrogen-bond acceptors (Lipinski definition) is 6. The molecule has 148 valence electrons. The van der Waals surface area contributed by atoms with Crippen LogP contribution in [0.3, 0.4) is 0 Å². The lowest BCUT2D eigenvalue weighted by Gasteiger charge is -2.13. The van der Waals surface area contributed by atoms with Crippen molar-refractivity contribution in [3.05, 3.63) is 53.3 Å². The van der Waals surface area contributed by atoms with Gasteiger partial charge in [-0.3, -0.25) is 0 Å². The summed E-state index contributed by atoms with van der Waals surface area (Å²) in [6.07, 6.45) is 1.13. The highest BCUT2D eigenvalue weighted by atomic mass is 32.2.